The van der Waals surface area contributed by atoms with Crippen LogP contribution >= 0.6 is 0 Å². The number of nitrogens with one attached hydrogen (secondary N) is 1. The van der Waals surface area contributed by atoms with Crippen LogP contribution in [-0.4, -0.2) is 61.1 Å². The normalized spacial score (nSPS) is 18.9. The molecule has 0 aromatic rings. The summed E-state index contributed by atoms with van der Waals surface area (Å²) >= 11 is 0. The highest BCUT2D eigenvalue weighted by atomic mass is 16.5. The van der Waals surface area contributed by atoms with Crippen molar-refractivity contribution in [3.05, 3.63) is 0 Å². The molecule has 19 heavy (non-hydrogen) atoms. The van der Waals surface area contributed by atoms with Gasteiger partial charge in [-0.15, -0.1) is 0 Å². The van der Waals surface area contributed by atoms with Crippen LogP contribution < -0.4 is 16.8 Å². The Morgan fingerprint density at radius 2 is 1.95 bits per heavy atom. The molecule has 1 unspecified atom stereocenters. The molecule has 5 N–H and O–H groups in total. The maximum absolute atomic E-state index is 11.7. The molecule has 7 nitrogen and oxygen atoms in total. The van der Waals surface area contributed by atoms with Gasteiger partial charge in [-0.25, -0.2) is 0 Å². The molecule has 1 heterocycles. The number of nitrogens with zero attached hydrogens (tertiary/aromatic N) is 1. The van der Waals surface area contributed by atoms with E-state index in [-0.39, 0.29) is 17.9 Å². The summed E-state index contributed by atoms with van der Waals surface area (Å²) in [5.74, 6) is -0.921. The fourth-order valence-corrected chi connectivity index (χ4v) is 2.02. The average Bonchev–Trinajstić information content (AvgIpc) is 2.36. The maximum Gasteiger partial charge on any atom is 0.237 e. The molecule has 2 amide bonds. The molecular weight excluding hydrogens is 248 g/mol. The fraction of sp³-hybridized carbons (Fsp3) is 0.833. The largest absolute Gasteiger partial charge is 0.379 e. The quantitative estimate of drug-likeness (QED) is 0.540. The van der Waals surface area contributed by atoms with Crippen LogP contribution in [0, 0.1) is 0 Å². The molecule has 1 fully saturated rings. The Bertz CT molecular complexity index is 327. The smallest absolute Gasteiger partial charge is 0.237 e. The number of morpholine rings is 1. The van der Waals surface area contributed by atoms with Gasteiger partial charge in [-0.3, -0.25) is 14.5 Å². The fourth-order valence-electron chi connectivity index (χ4n) is 2.02. The minimum atomic E-state index is -0.877. The highest BCUT2D eigenvalue weighted by Crippen LogP contribution is 2.15. The van der Waals surface area contributed by atoms with Crippen molar-refractivity contribution in [2.45, 2.75) is 31.8 Å². The standard InChI is InChI=1S/C12H24N4O3/c1-12(2,16-3-5-19-6-4-16)8-15-11(18)9(13)7-10(14)17/h9H,3-8,13H2,1-2H3,(H2,14,17)(H,15,18). The van der Waals surface area contributed by atoms with Crippen LogP contribution in [0.25, 0.3) is 0 Å². The van der Waals surface area contributed by atoms with Gasteiger partial charge in [0, 0.05) is 25.2 Å². The SMILES string of the molecule is CC(C)(CNC(=O)C(N)CC(N)=O)N1CCOCC1. The zero-order valence-electron chi connectivity index (χ0n) is 11.6. The third kappa shape index (κ3) is 5.14. The summed E-state index contributed by atoms with van der Waals surface area (Å²) < 4.78 is 5.30. The zero-order valence-corrected chi connectivity index (χ0v) is 11.6. The van der Waals surface area contributed by atoms with Crippen molar-refractivity contribution in [2.75, 3.05) is 32.8 Å². The van der Waals surface area contributed by atoms with Gasteiger partial charge >= 0.3 is 0 Å². The molecule has 110 valence electrons. The van der Waals surface area contributed by atoms with Gasteiger partial charge in [0.05, 0.1) is 25.7 Å². The lowest BCUT2D eigenvalue weighted by atomic mass is 10.0. The summed E-state index contributed by atoms with van der Waals surface area (Å²) in [4.78, 5) is 24.7. The molecule has 7 heteroatoms. The van der Waals surface area contributed by atoms with Crippen LogP contribution in [0.5, 0.6) is 0 Å². The molecule has 0 aromatic carbocycles. The van der Waals surface area contributed by atoms with Crippen molar-refractivity contribution in [3.63, 3.8) is 0 Å². The molecule has 0 aliphatic carbocycles. The van der Waals surface area contributed by atoms with Crippen LogP contribution in [0.1, 0.15) is 20.3 Å². The van der Waals surface area contributed by atoms with Crippen molar-refractivity contribution in [1.82, 2.24) is 10.2 Å². The molecule has 1 rings (SSSR count). The first kappa shape index (κ1) is 15.9. The number of carbonyl (C=O) groups is 2. The van der Waals surface area contributed by atoms with Crippen molar-refractivity contribution in [3.8, 4) is 0 Å². The summed E-state index contributed by atoms with van der Waals surface area (Å²) in [6.45, 7) is 7.68. The van der Waals surface area contributed by atoms with E-state index in [2.05, 4.69) is 24.1 Å². The highest BCUT2D eigenvalue weighted by Gasteiger charge is 2.29. The minimum Gasteiger partial charge on any atom is -0.379 e. The molecule has 0 aromatic heterocycles. The van der Waals surface area contributed by atoms with Gasteiger partial charge in [0.25, 0.3) is 0 Å². The number of hydrogen-bond donors (Lipinski definition) is 3. The summed E-state index contributed by atoms with van der Waals surface area (Å²) in [7, 11) is 0. The number of rotatable bonds is 6. The second-order valence-electron chi connectivity index (χ2n) is 5.41. The van der Waals surface area contributed by atoms with E-state index >= 15 is 0 Å². The average molecular weight is 272 g/mol. The molecule has 1 saturated heterocycles. The van der Waals surface area contributed by atoms with Crippen LogP contribution in [0.15, 0.2) is 0 Å². The van der Waals surface area contributed by atoms with Gasteiger partial charge in [-0.05, 0) is 13.8 Å². The Labute approximate surface area is 113 Å². The summed E-state index contributed by atoms with van der Waals surface area (Å²) in [6.07, 6.45) is -0.135. The Morgan fingerprint density at radius 3 is 2.47 bits per heavy atom. The van der Waals surface area contributed by atoms with Crippen molar-refractivity contribution < 1.29 is 14.3 Å². The number of primary amides is 1. The Kier molecular flexibility index (Phi) is 5.71. The predicted octanol–water partition coefficient (Wildman–Crippen LogP) is -1.58. The van der Waals surface area contributed by atoms with Crippen molar-refractivity contribution >= 4 is 11.8 Å². The van der Waals surface area contributed by atoms with E-state index in [9.17, 15) is 9.59 Å². The van der Waals surface area contributed by atoms with E-state index in [1.807, 2.05) is 0 Å². The molecule has 0 bridgehead atoms. The van der Waals surface area contributed by atoms with E-state index in [0.29, 0.717) is 19.8 Å². The van der Waals surface area contributed by atoms with Gasteiger partial charge in [-0.2, -0.15) is 0 Å². The van der Waals surface area contributed by atoms with Gasteiger partial charge in [0.1, 0.15) is 0 Å². The third-order valence-corrected chi connectivity index (χ3v) is 3.32. The number of amides is 2. The maximum atomic E-state index is 11.7. The Balaban J connectivity index is 2.41. The lowest BCUT2D eigenvalue weighted by Crippen LogP contribution is -2.56. The number of ether oxygens (including phenoxy) is 1. The second kappa shape index (κ2) is 6.83. The first-order valence-corrected chi connectivity index (χ1v) is 6.47. The van der Waals surface area contributed by atoms with Gasteiger partial charge in [-0.1, -0.05) is 0 Å². The number of hydrogen-bond acceptors (Lipinski definition) is 5. The van der Waals surface area contributed by atoms with Crippen LogP contribution in [0.3, 0.4) is 0 Å². The molecular formula is C12H24N4O3. The topological polar surface area (TPSA) is 111 Å². The minimum absolute atomic E-state index is 0.135. The third-order valence-electron chi connectivity index (χ3n) is 3.32. The molecule has 1 aliphatic heterocycles. The molecule has 1 aliphatic rings. The van der Waals surface area contributed by atoms with E-state index in [0.717, 1.165) is 13.1 Å². The van der Waals surface area contributed by atoms with E-state index in [1.165, 1.54) is 0 Å². The van der Waals surface area contributed by atoms with Crippen molar-refractivity contribution in [2.24, 2.45) is 11.5 Å². The monoisotopic (exact) mass is 272 g/mol. The summed E-state index contributed by atoms with van der Waals surface area (Å²) in [6, 6.07) is -0.877. The van der Waals surface area contributed by atoms with Crippen LogP contribution in [0.2, 0.25) is 0 Å². The molecule has 1 atom stereocenters. The van der Waals surface area contributed by atoms with E-state index in [1.54, 1.807) is 0 Å². The molecule has 0 radical (unpaired) electrons. The first-order valence-electron chi connectivity index (χ1n) is 6.47. The lowest BCUT2D eigenvalue weighted by Gasteiger charge is -2.41. The highest BCUT2D eigenvalue weighted by molar-refractivity contribution is 5.87. The van der Waals surface area contributed by atoms with Crippen LogP contribution in [0.4, 0.5) is 0 Å². The summed E-state index contributed by atoms with van der Waals surface area (Å²) in [5.41, 5.74) is 10.4. The number of nitrogens with two attached hydrogens (primary N) is 2. The Morgan fingerprint density at radius 1 is 1.37 bits per heavy atom. The second-order valence-corrected chi connectivity index (χ2v) is 5.41. The van der Waals surface area contributed by atoms with Gasteiger partial charge in [0.2, 0.25) is 11.8 Å². The van der Waals surface area contributed by atoms with Gasteiger partial charge < -0.3 is 21.5 Å². The lowest BCUT2D eigenvalue weighted by molar-refractivity contribution is -0.126. The van der Waals surface area contributed by atoms with Crippen LogP contribution in [-0.2, 0) is 14.3 Å². The Hall–Kier alpha value is -1.18. The molecule has 0 saturated carbocycles. The first-order chi connectivity index (χ1) is 8.83. The van der Waals surface area contributed by atoms with E-state index < -0.39 is 11.9 Å². The van der Waals surface area contributed by atoms with E-state index in [4.69, 9.17) is 16.2 Å². The number of carbonyl (C=O) groups excluding carboxylic acids is 2. The van der Waals surface area contributed by atoms with Gasteiger partial charge in [0.15, 0.2) is 0 Å². The zero-order chi connectivity index (χ0) is 14.5. The molecule has 0 spiro atoms. The summed E-state index contributed by atoms with van der Waals surface area (Å²) in [5, 5.41) is 2.77. The predicted molar refractivity (Wildman–Crippen MR) is 71.3 cm³/mol. The van der Waals surface area contributed by atoms with Crippen molar-refractivity contribution in [1.29, 1.82) is 0 Å².